The zero-order valence-corrected chi connectivity index (χ0v) is 14.2. The zero-order chi connectivity index (χ0) is 17.3. The van der Waals surface area contributed by atoms with Crippen molar-refractivity contribution in [2.75, 3.05) is 13.2 Å². The minimum atomic E-state index is -0.482. The molecule has 0 saturated carbocycles. The number of ketones is 1. The highest BCUT2D eigenvalue weighted by molar-refractivity contribution is 5.81. The SMILES string of the molecule is CCCCCCC(=O)C[C@@H](CO)NC(=O)CCCCCN=[N+]=[N-]. The maximum absolute atomic E-state index is 11.8. The van der Waals surface area contributed by atoms with Gasteiger partial charge in [-0.2, -0.15) is 0 Å². The molecule has 1 atom stereocenters. The van der Waals surface area contributed by atoms with Crippen molar-refractivity contribution >= 4 is 11.7 Å². The Morgan fingerprint density at radius 3 is 2.48 bits per heavy atom. The summed E-state index contributed by atoms with van der Waals surface area (Å²) in [6.45, 7) is 2.35. The molecular weight excluding hydrogens is 296 g/mol. The highest BCUT2D eigenvalue weighted by Gasteiger charge is 2.15. The molecule has 0 aromatic heterocycles. The zero-order valence-electron chi connectivity index (χ0n) is 14.2. The number of hydrogen-bond donors (Lipinski definition) is 2. The van der Waals surface area contributed by atoms with Crippen LogP contribution in [0.2, 0.25) is 0 Å². The molecule has 0 bridgehead atoms. The number of carbonyl (C=O) groups excluding carboxylic acids is 2. The third-order valence-corrected chi connectivity index (χ3v) is 3.59. The summed E-state index contributed by atoms with van der Waals surface area (Å²) in [5.41, 5.74) is 8.13. The predicted molar refractivity (Wildman–Crippen MR) is 89.9 cm³/mol. The second kappa shape index (κ2) is 15.3. The third kappa shape index (κ3) is 13.8. The predicted octanol–water partition coefficient (Wildman–Crippen LogP) is 3.26. The van der Waals surface area contributed by atoms with Crippen molar-refractivity contribution in [3.63, 3.8) is 0 Å². The summed E-state index contributed by atoms with van der Waals surface area (Å²) in [4.78, 5) is 26.2. The largest absolute Gasteiger partial charge is 0.394 e. The molecule has 0 aliphatic rings. The summed E-state index contributed by atoms with van der Waals surface area (Å²) in [5.74, 6) is -0.0542. The lowest BCUT2D eigenvalue weighted by atomic mass is 10.0. The Morgan fingerprint density at radius 1 is 1.13 bits per heavy atom. The molecular formula is C16H30N4O3. The molecule has 7 nitrogen and oxygen atoms in total. The van der Waals surface area contributed by atoms with Gasteiger partial charge in [0.2, 0.25) is 5.91 Å². The van der Waals surface area contributed by atoms with Gasteiger partial charge in [0.15, 0.2) is 0 Å². The minimum absolute atomic E-state index is 0.0924. The molecule has 7 heteroatoms. The van der Waals surface area contributed by atoms with Gasteiger partial charge < -0.3 is 10.4 Å². The number of azide groups is 1. The van der Waals surface area contributed by atoms with Crippen LogP contribution >= 0.6 is 0 Å². The first kappa shape index (κ1) is 21.4. The van der Waals surface area contributed by atoms with Gasteiger partial charge in [-0.25, -0.2) is 0 Å². The van der Waals surface area contributed by atoms with E-state index in [9.17, 15) is 14.7 Å². The molecule has 0 rings (SSSR count). The summed E-state index contributed by atoms with van der Waals surface area (Å²) in [6, 6.07) is -0.482. The highest BCUT2D eigenvalue weighted by Crippen LogP contribution is 2.07. The van der Waals surface area contributed by atoms with Gasteiger partial charge in [0.1, 0.15) is 5.78 Å². The van der Waals surface area contributed by atoms with Crippen molar-refractivity contribution in [3.05, 3.63) is 10.4 Å². The number of hydrogen-bond acceptors (Lipinski definition) is 4. The molecule has 0 aromatic rings. The molecule has 132 valence electrons. The standard InChI is InChI=1S/C16H30N4O3/c1-2-3-4-6-9-15(22)12-14(13-21)19-16(23)10-7-5-8-11-18-20-17/h14,21H,2-13H2,1H3,(H,19,23)/t14-/m0/s1. The summed E-state index contributed by atoms with van der Waals surface area (Å²) >= 11 is 0. The quantitative estimate of drug-likeness (QED) is 0.208. The monoisotopic (exact) mass is 326 g/mol. The smallest absolute Gasteiger partial charge is 0.220 e. The number of nitrogens with zero attached hydrogens (tertiary/aromatic N) is 3. The van der Waals surface area contributed by atoms with Crippen molar-refractivity contribution in [1.82, 2.24) is 5.32 Å². The fraction of sp³-hybridized carbons (Fsp3) is 0.875. The number of Topliss-reactive ketones (excluding diaryl/α,β-unsaturated/α-hetero) is 1. The molecule has 0 aliphatic carbocycles. The van der Waals surface area contributed by atoms with Crippen molar-refractivity contribution < 1.29 is 14.7 Å². The number of aliphatic hydroxyl groups excluding tert-OH is 1. The molecule has 0 aliphatic heterocycles. The molecule has 0 aromatic carbocycles. The van der Waals surface area contributed by atoms with Crippen molar-refractivity contribution in [2.24, 2.45) is 5.11 Å². The van der Waals surface area contributed by atoms with E-state index in [4.69, 9.17) is 5.53 Å². The van der Waals surface area contributed by atoms with E-state index in [2.05, 4.69) is 22.3 Å². The number of nitrogens with one attached hydrogen (secondary N) is 1. The van der Waals surface area contributed by atoms with Gasteiger partial charge in [-0.05, 0) is 24.8 Å². The summed E-state index contributed by atoms with van der Waals surface area (Å²) in [7, 11) is 0. The number of carbonyl (C=O) groups is 2. The second-order valence-electron chi connectivity index (χ2n) is 5.77. The number of amides is 1. The lowest BCUT2D eigenvalue weighted by Crippen LogP contribution is -2.38. The van der Waals surface area contributed by atoms with E-state index in [0.717, 1.165) is 38.5 Å². The lowest BCUT2D eigenvalue weighted by molar-refractivity contribution is -0.123. The van der Waals surface area contributed by atoms with Gasteiger partial charge >= 0.3 is 0 Å². The molecule has 0 spiro atoms. The Labute approximate surface area is 138 Å². The maximum atomic E-state index is 11.8. The Balaban J connectivity index is 3.82. The lowest BCUT2D eigenvalue weighted by Gasteiger charge is -2.15. The first-order chi connectivity index (χ1) is 11.1. The van der Waals surface area contributed by atoms with Gasteiger partial charge in [-0.3, -0.25) is 9.59 Å². The molecule has 1 amide bonds. The van der Waals surface area contributed by atoms with Gasteiger partial charge in [-0.15, -0.1) is 0 Å². The van der Waals surface area contributed by atoms with Crippen LogP contribution in [0.5, 0.6) is 0 Å². The van der Waals surface area contributed by atoms with Crippen LogP contribution in [0.4, 0.5) is 0 Å². The van der Waals surface area contributed by atoms with E-state index in [1.54, 1.807) is 0 Å². The maximum Gasteiger partial charge on any atom is 0.220 e. The van der Waals surface area contributed by atoms with Crippen LogP contribution in [-0.4, -0.2) is 36.0 Å². The molecule has 0 radical (unpaired) electrons. The van der Waals surface area contributed by atoms with E-state index in [1.165, 1.54) is 0 Å². The van der Waals surface area contributed by atoms with E-state index in [1.807, 2.05) is 0 Å². The van der Waals surface area contributed by atoms with Crippen molar-refractivity contribution in [3.8, 4) is 0 Å². The Morgan fingerprint density at radius 2 is 1.83 bits per heavy atom. The van der Waals surface area contributed by atoms with E-state index >= 15 is 0 Å². The summed E-state index contributed by atoms with van der Waals surface area (Å²) < 4.78 is 0. The average Bonchev–Trinajstić information content (AvgIpc) is 2.54. The van der Waals surface area contributed by atoms with Crippen LogP contribution in [0.3, 0.4) is 0 Å². The summed E-state index contributed by atoms with van der Waals surface area (Å²) in [5, 5.41) is 15.4. The van der Waals surface area contributed by atoms with Crippen LogP contribution in [0, 0.1) is 0 Å². The molecule has 0 unspecified atom stereocenters. The first-order valence-electron chi connectivity index (χ1n) is 8.56. The van der Waals surface area contributed by atoms with Gasteiger partial charge in [-0.1, -0.05) is 37.7 Å². The first-order valence-corrected chi connectivity index (χ1v) is 8.56. The fourth-order valence-corrected chi connectivity index (χ4v) is 2.28. The number of rotatable bonds is 15. The van der Waals surface area contributed by atoms with Gasteiger partial charge in [0.05, 0.1) is 12.6 Å². The molecule has 23 heavy (non-hydrogen) atoms. The van der Waals surface area contributed by atoms with Crippen LogP contribution in [0.25, 0.3) is 10.4 Å². The fourth-order valence-electron chi connectivity index (χ4n) is 2.28. The third-order valence-electron chi connectivity index (χ3n) is 3.59. The van der Waals surface area contributed by atoms with Crippen molar-refractivity contribution in [2.45, 2.75) is 77.2 Å². The van der Waals surface area contributed by atoms with E-state index in [0.29, 0.717) is 25.8 Å². The summed E-state index contributed by atoms with van der Waals surface area (Å²) in [6.07, 6.45) is 7.55. The highest BCUT2D eigenvalue weighted by atomic mass is 16.3. The van der Waals surface area contributed by atoms with Crippen molar-refractivity contribution in [1.29, 1.82) is 0 Å². The second-order valence-corrected chi connectivity index (χ2v) is 5.77. The topological polar surface area (TPSA) is 115 Å². The van der Waals surface area contributed by atoms with Crippen LogP contribution in [-0.2, 0) is 9.59 Å². The van der Waals surface area contributed by atoms with E-state index < -0.39 is 6.04 Å². The molecule has 2 N–H and O–H groups in total. The molecule has 0 saturated heterocycles. The Kier molecular flexibility index (Phi) is 14.3. The van der Waals surface area contributed by atoms with E-state index in [-0.39, 0.29) is 24.7 Å². The minimum Gasteiger partial charge on any atom is -0.394 e. The van der Waals surface area contributed by atoms with Crippen LogP contribution in [0.15, 0.2) is 5.11 Å². The molecule has 0 fully saturated rings. The Bertz CT molecular complexity index is 382. The average molecular weight is 326 g/mol. The van der Waals surface area contributed by atoms with Gasteiger partial charge in [0.25, 0.3) is 0 Å². The van der Waals surface area contributed by atoms with Gasteiger partial charge in [0, 0.05) is 30.7 Å². The normalized spacial score (nSPS) is 11.6. The van der Waals surface area contributed by atoms with Crippen LogP contribution in [0.1, 0.15) is 71.1 Å². The molecule has 0 heterocycles. The Hall–Kier alpha value is -1.59. The number of aliphatic hydroxyl groups is 1. The van der Waals surface area contributed by atoms with Crippen LogP contribution < -0.4 is 5.32 Å². The number of unbranched alkanes of at least 4 members (excludes halogenated alkanes) is 5.